The van der Waals surface area contributed by atoms with Crippen molar-refractivity contribution in [2.45, 2.75) is 20.8 Å². The van der Waals surface area contributed by atoms with Gasteiger partial charge in [0, 0.05) is 12.1 Å². The largest absolute Gasteiger partial charge is 0.505 e. The number of hydrogen-bond acceptors (Lipinski definition) is 4. The molecule has 2 aromatic rings. The normalized spacial score (nSPS) is 10.6. The van der Waals surface area contributed by atoms with E-state index >= 15 is 0 Å². The summed E-state index contributed by atoms with van der Waals surface area (Å²) in [7, 11) is 1.90. The van der Waals surface area contributed by atoms with Gasteiger partial charge in [0.2, 0.25) is 0 Å². The Morgan fingerprint density at radius 3 is 2.41 bits per heavy atom. The van der Waals surface area contributed by atoms with Crippen LogP contribution in [0.4, 0.5) is 11.4 Å². The van der Waals surface area contributed by atoms with E-state index in [2.05, 4.69) is 0 Å². The summed E-state index contributed by atoms with van der Waals surface area (Å²) < 4.78 is 0. The molecular weight excluding hydrogens is 298 g/mol. The molecule has 0 bridgehead atoms. The third kappa shape index (κ3) is 3.46. The number of hydrogen-bond donors (Lipinski definition) is 2. The molecule has 0 radical (unpaired) electrons. The second-order valence-corrected chi connectivity index (χ2v) is 6.13. The average Bonchev–Trinajstić information content (AvgIpc) is 2.45. The molecule has 0 aliphatic rings. The number of hydrazine groups is 1. The molecular formula is C17H22ClN3O. The molecule has 0 heterocycles. The van der Waals surface area contributed by atoms with Crippen molar-refractivity contribution >= 4 is 23.0 Å². The Kier molecular flexibility index (Phi) is 4.84. The zero-order valence-corrected chi connectivity index (χ0v) is 14.1. The molecule has 0 saturated heterocycles. The lowest BCUT2D eigenvalue weighted by molar-refractivity contribution is 0.470. The number of nitrogens with two attached hydrogens (primary N) is 1. The fourth-order valence-electron chi connectivity index (χ4n) is 2.50. The first-order valence-corrected chi connectivity index (χ1v) is 7.47. The van der Waals surface area contributed by atoms with Gasteiger partial charge in [-0.3, -0.25) is 5.01 Å². The van der Waals surface area contributed by atoms with Crippen molar-refractivity contribution in [3.63, 3.8) is 0 Å². The van der Waals surface area contributed by atoms with Gasteiger partial charge in [-0.2, -0.15) is 0 Å². The van der Waals surface area contributed by atoms with Crippen LogP contribution in [-0.4, -0.2) is 18.8 Å². The molecule has 118 valence electrons. The SMILES string of the molecule is Cc1cc(C)c(O)c(N(C)CN(N)c2cc(Cl)ccc2C)c1. The zero-order chi connectivity index (χ0) is 16.4. The van der Waals surface area contributed by atoms with Crippen LogP contribution in [0.25, 0.3) is 0 Å². The number of phenolic OH excluding ortho intramolecular Hbond substituents is 1. The van der Waals surface area contributed by atoms with Crippen molar-refractivity contribution in [1.29, 1.82) is 0 Å². The minimum absolute atomic E-state index is 0.282. The van der Waals surface area contributed by atoms with E-state index in [1.807, 2.05) is 63.1 Å². The fraction of sp³-hybridized carbons (Fsp3) is 0.294. The number of halogens is 1. The second kappa shape index (κ2) is 6.46. The van der Waals surface area contributed by atoms with Gasteiger partial charge in [-0.25, -0.2) is 5.84 Å². The number of anilines is 2. The Bertz CT molecular complexity index is 688. The van der Waals surface area contributed by atoms with Gasteiger partial charge in [0.1, 0.15) is 12.4 Å². The Hall–Kier alpha value is -1.91. The summed E-state index contributed by atoms with van der Waals surface area (Å²) >= 11 is 6.05. The molecule has 0 aliphatic heterocycles. The van der Waals surface area contributed by atoms with Crippen LogP contribution < -0.4 is 15.8 Å². The highest BCUT2D eigenvalue weighted by Crippen LogP contribution is 2.32. The maximum absolute atomic E-state index is 10.3. The number of phenols is 1. The molecule has 2 aromatic carbocycles. The minimum atomic E-state index is 0.282. The predicted molar refractivity (Wildman–Crippen MR) is 93.7 cm³/mol. The van der Waals surface area contributed by atoms with E-state index in [1.165, 1.54) is 0 Å². The van der Waals surface area contributed by atoms with Crippen LogP contribution in [0.2, 0.25) is 5.02 Å². The first-order chi connectivity index (χ1) is 10.3. The van der Waals surface area contributed by atoms with Crippen LogP contribution in [0, 0.1) is 20.8 Å². The number of rotatable bonds is 4. The summed E-state index contributed by atoms with van der Waals surface area (Å²) in [6, 6.07) is 9.51. The average molecular weight is 320 g/mol. The number of nitrogens with zero attached hydrogens (tertiary/aromatic N) is 2. The van der Waals surface area contributed by atoms with Crippen LogP contribution in [-0.2, 0) is 0 Å². The lowest BCUT2D eigenvalue weighted by Crippen LogP contribution is -2.41. The van der Waals surface area contributed by atoms with Crippen molar-refractivity contribution in [3.05, 3.63) is 52.0 Å². The maximum Gasteiger partial charge on any atom is 0.141 e. The highest BCUT2D eigenvalue weighted by Gasteiger charge is 2.14. The highest BCUT2D eigenvalue weighted by molar-refractivity contribution is 6.30. The van der Waals surface area contributed by atoms with Crippen molar-refractivity contribution in [2.24, 2.45) is 5.84 Å². The van der Waals surface area contributed by atoms with Gasteiger partial charge in [-0.05, 0) is 55.7 Å². The Labute approximate surface area is 136 Å². The number of aryl methyl sites for hydroxylation is 3. The molecule has 0 unspecified atom stereocenters. The summed E-state index contributed by atoms with van der Waals surface area (Å²) in [5.41, 5.74) is 4.62. The second-order valence-electron chi connectivity index (χ2n) is 5.69. The Balaban J connectivity index is 2.25. The van der Waals surface area contributed by atoms with E-state index in [-0.39, 0.29) is 5.75 Å². The van der Waals surface area contributed by atoms with Crippen LogP contribution in [0.1, 0.15) is 16.7 Å². The van der Waals surface area contributed by atoms with Gasteiger partial charge < -0.3 is 10.0 Å². The summed E-state index contributed by atoms with van der Waals surface area (Å²) in [5, 5.41) is 12.5. The van der Waals surface area contributed by atoms with E-state index in [1.54, 1.807) is 5.01 Å². The molecule has 0 spiro atoms. The van der Waals surface area contributed by atoms with E-state index in [4.69, 9.17) is 17.4 Å². The first-order valence-electron chi connectivity index (χ1n) is 7.09. The number of aromatic hydroxyl groups is 1. The van der Waals surface area contributed by atoms with E-state index in [0.29, 0.717) is 11.7 Å². The Morgan fingerprint density at radius 1 is 1.05 bits per heavy atom. The Morgan fingerprint density at radius 2 is 1.73 bits per heavy atom. The van der Waals surface area contributed by atoms with E-state index in [9.17, 15) is 5.11 Å². The third-order valence-electron chi connectivity index (χ3n) is 3.68. The van der Waals surface area contributed by atoms with Gasteiger partial charge in [0.15, 0.2) is 0 Å². The van der Waals surface area contributed by atoms with Gasteiger partial charge in [-0.1, -0.05) is 23.7 Å². The smallest absolute Gasteiger partial charge is 0.141 e. The lowest BCUT2D eigenvalue weighted by Gasteiger charge is -2.29. The summed E-state index contributed by atoms with van der Waals surface area (Å²) in [6.07, 6.45) is 0. The number of benzene rings is 2. The topological polar surface area (TPSA) is 52.7 Å². The van der Waals surface area contributed by atoms with Gasteiger partial charge in [0.05, 0.1) is 11.4 Å². The van der Waals surface area contributed by atoms with Crippen LogP contribution >= 0.6 is 11.6 Å². The quantitative estimate of drug-likeness (QED) is 0.512. The summed E-state index contributed by atoms with van der Waals surface area (Å²) in [5.74, 6) is 6.46. The molecule has 3 N–H and O–H groups in total. The molecule has 4 nitrogen and oxygen atoms in total. The summed E-state index contributed by atoms with van der Waals surface area (Å²) in [4.78, 5) is 1.91. The van der Waals surface area contributed by atoms with Crippen molar-refractivity contribution in [3.8, 4) is 5.75 Å². The molecule has 0 aromatic heterocycles. The molecule has 0 fully saturated rings. The monoisotopic (exact) mass is 319 g/mol. The van der Waals surface area contributed by atoms with Crippen LogP contribution in [0.15, 0.2) is 30.3 Å². The predicted octanol–water partition coefficient (Wildman–Crippen LogP) is 3.74. The van der Waals surface area contributed by atoms with Gasteiger partial charge >= 0.3 is 0 Å². The van der Waals surface area contributed by atoms with E-state index in [0.717, 1.165) is 28.1 Å². The zero-order valence-electron chi connectivity index (χ0n) is 13.4. The standard InChI is InChI=1S/C17H22ClN3O/c1-11-7-13(3)17(22)16(8-11)20(4)10-21(19)15-9-14(18)6-5-12(15)2/h5-9,22H,10,19H2,1-4H3. The first kappa shape index (κ1) is 16.5. The van der Waals surface area contributed by atoms with Gasteiger partial charge in [0.25, 0.3) is 0 Å². The van der Waals surface area contributed by atoms with Crippen molar-refractivity contribution in [1.82, 2.24) is 0 Å². The molecule has 0 saturated carbocycles. The molecule has 5 heteroatoms. The lowest BCUT2D eigenvalue weighted by atomic mass is 10.1. The minimum Gasteiger partial charge on any atom is -0.505 e. The molecule has 0 amide bonds. The third-order valence-corrected chi connectivity index (χ3v) is 3.92. The maximum atomic E-state index is 10.3. The summed E-state index contributed by atoms with van der Waals surface area (Å²) in [6.45, 7) is 6.31. The van der Waals surface area contributed by atoms with Gasteiger partial charge in [-0.15, -0.1) is 0 Å². The molecule has 22 heavy (non-hydrogen) atoms. The highest BCUT2D eigenvalue weighted by atomic mass is 35.5. The van der Waals surface area contributed by atoms with Crippen molar-refractivity contribution < 1.29 is 5.11 Å². The molecule has 2 rings (SSSR count). The van der Waals surface area contributed by atoms with Crippen molar-refractivity contribution in [2.75, 3.05) is 23.6 Å². The molecule has 0 aliphatic carbocycles. The van der Waals surface area contributed by atoms with Crippen LogP contribution in [0.3, 0.4) is 0 Å². The van der Waals surface area contributed by atoms with E-state index < -0.39 is 0 Å². The fourth-order valence-corrected chi connectivity index (χ4v) is 2.67. The molecule has 0 atom stereocenters. The van der Waals surface area contributed by atoms with Crippen LogP contribution in [0.5, 0.6) is 5.75 Å².